The third-order valence-electron chi connectivity index (χ3n) is 4.84. The standard InChI is InChI=1S/C24H18Cl2N4O2.CH4/c25-19-6-5-18(21(12-19)24(32)29-23-8-7-20(26)13-28-23)11-22(31)17-3-1-16(2-4-17)14-30-10-9-27-15-30;/h1-10,12-13,15H,11,14H2,(H,28,29,32);1H4. The summed E-state index contributed by atoms with van der Waals surface area (Å²) in [5.74, 6) is -0.147. The number of benzene rings is 2. The Kier molecular flexibility index (Phi) is 7.98. The van der Waals surface area contributed by atoms with Crippen LogP contribution in [-0.2, 0) is 13.0 Å². The zero-order chi connectivity index (χ0) is 22.5. The normalized spacial score (nSPS) is 10.4. The molecule has 0 spiro atoms. The van der Waals surface area contributed by atoms with Gasteiger partial charge in [-0.2, -0.15) is 0 Å². The van der Waals surface area contributed by atoms with Crippen molar-refractivity contribution >= 4 is 40.7 Å². The fourth-order valence-corrected chi connectivity index (χ4v) is 3.49. The molecule has 1 amide bonds. The lowest BCUT2D eigenvalue weighted by molar-refractivity contribution is 0.0992. The second kappa shape index (κ2) is 10.9. The summed E-state index contributed by atoms with van der Waals surface area (Å²) in [5.41, 5.74) is 2.52. The van der Waals surface area contributed by atoms with Gasteiger partial charge in [0.15, 0.2) is 5.78 Å². The molecular weight excluding hydrogens is 459 g/mol. The highest BCUT2D eigenvalue weighted by molar-refractivity contribution is 6.31. The number of hydrogen-bond acceptors (Lipinski definition) is 4. The van der Waals surface area contributed by atoms with Gasteiger partial charge in [-0.05, 0) is 35.4 Å². The van der Waals surface area contributed by atoms with Crippen LogP contribution in [0, 0.1) is 0 Å². The van der Waals surface area contributed by atoms with Crippen molar-refractivity contribution < 1.29 is 9.59 Å². The number of Topliss-reactive ketones (excluding diaryl/α,β-unsaturated/α-hetero) is 1. The zero-order valence-corrected chi connectivity index (χ0v) is 18.3. The molecule has 1 N–H and O–H groups in total. The number of ketones is 1. The monoisotopic (exact) mass is 480 g/mol. The van der Waals surface area contributed by atoms with Crippen molar-refractivity contribution in [2.24, 2.45) is 0 Å². The summed E-state index contributed by atoms with van der Waals surface area (Å²) < 4.78 is 1.95. The molecule has 0 bridgehead atoms. The van der Waals surface area contributed by atoms with Gasteiger partial charge >= 0.3 is 0 Å². The Morgan fingerprint density at radius 2 is 1.73 bits per heavy atom. The minimum absolute atomic E-state index is 0. The Bertz CT molecular complexity index is 1240. The van der Waals surface area contributed by atoms with Crippen molar-refractivity contribution in [3.8, 4) is 0 Å². The van der Waals surface area contributed by atoms with E-state index in [0.29, 0.717) is 39.1 Å². The van der Waals surface area contributed by atoms with Crippen LogP contribution >= 0.6 is 23.2 Å². The number of anilines is 1. The van der Waals surface area contributed by atoms with E-state index >= 15 is 0 Å². The molecule has 168 valence electrons. The predicted molar refractivity (Wildman–Crippen MR) is 131 cm³/mol. The molecule has 8 heteroatoms. The Morgan fingerprint density at radius 3 is 2.39 bits per heavy atom. The van der Waals surface area contributed by atoms with Gasteiger partial charge in [-0.1, -0.05) is 61.0 Å². The van der Waals surface area contributed by atoms with Crippen LogP contribution in [0.2, 0.25) is 10.0 Å². The summed E-state index contributed by atoms with van der Waals surface area (Å²) in [7, 11) is 0. The fourth-order valence-electron chi connectivity index (χ4n) is 3.21. The highest BCUT2D eigenvalue weighted by atomic mass is 35.5. The van der Waals surface area contributed by atoms with Crippen LogP contribution in [0.1, 0.15) is 39.3 Å². The molecule has 2 aromatic heterocycles. The lowest BCUT2D eigenvalue weighted by Crippen LogP contribution is -2.17. The molecule has 0 unspecified atom stereocenters. The number of imidazole rings is 1. The minimum atomic E-state index is -0.402. The molecule has 0 atom stereocenters. The van der Waals surface area contributed by atoms with Gasteiger partial charge in [-0.3, -0.25) is 9.59 Å². The number of carbonyl (C=O) groups is 2. The van der Waals surface area contributed by atoms with Crippen LogP contribution in [-0.4, -0.2) is 26.2 Å². The van der Waals surface area contributed by atoms with E-state index in [9.17, 15) is 9.59 Å². The van der Waals surface area contributed by atoms with E-state index in [-0.39, 0.29) is 19.6 Å². The Hall–Kier alpha value is -3.48. The number of rotatable bonds is 7. The third-order valence-corrected chi connectivity index (χ3v) is 5.30. The van der Waals surface area contributed by atoms with Crippen LogP contribution in [0.25, 0.3) is 0 Å². The molecule has 33 heavy (non-hydrogen) atoms. The van der Waals surface area contributed by atoms with Crippen molar-refractivity contribution in [3.05, 3.63) is 112 Å². The molecule has 4 aromatic rings. The van der Waals surface area contributed by atoms with Crippen LogP contribution in [0.5, 0.6) is 0 Å². The molecule has 0 aliphatic rings. The maximum atomic E-state index is 12.9. The largest absolute Gasteiger partial charge is 0.333 e. The fraction of sp³-hybridized carbons (Fsp3) is 0.120. The zero-order valence-electron chi connectivity index (χ0n) is 16.8. The number of hydrogen-bond donors (Lipinski definition) is 1. The Morgan fingerprint density at radius 1 is 0.970 bits per heavy atom. The second-order valence-electron chi connectivity index (χ2n) is 7.15. The lowest BCUT2D eigenvalue weighted by atomic mass is 9.97. The molecule has 0 saturated heterocycles. The van der Waals surface area contributed by atoms with E-state index in [1.54, 1.807) is 55.0 Å². The van der Waals surface area contributed by atoms with Gasteiger partial charge in [0, 0.05) is 47.7 Å². The van der Waals surface area contributed by atoms with Gasteiger partial charge in [0.25, 0.3) is 5.91 Å². The van der Waals surface area contributed by atoms with Gasteiger partial charge in [-0.25, -0.2) is 9.97 Å². The first-order valence-electron chi connectivity index (χ1n) is 9.77. The van der Waals surface area contributed by atoms with Crippen molar-refractivity contribution in [2.45, 2.75) is 20.4 Å². The number of aromatic nitrogens is 3. The maximum absolute atomic E-state index is 12.9. The molecular formula is C25H22Cl2N4O2. The van der Waals surface area contributed by atoms with Gasteiger partial charge in [0.2, 0.25) is 0 Å². The molecule has 0 aliphatic heterocycles. The Labute approximate surface area is 202 Å². The molecule has 0 saturated carbocycles. The molecule has 2 aromatic carbocycles. The van der Waals surface area contributed by atoms with Gasteiger partial charge < -0.3 is 9.88 Å². The van der Waals surface area contributed by atoms with Crippen molar-refractivity contribution in [1.82, 2.24) is 14.5 Å². The highest BCUT2D eigenvalue weighted by Crippen LogP contribution is 2.20. The van der Waals surface area contributed by atoms with Gasteiger partial charge in [0.05, 0.1) is 11.3 Å². The van der Waals surface area contributed by atoms with E-state index in [0.717, 1.165) is 5.56 Å². The maximum Gasteiger partial charge on any atom is 0.257 e. The summed E-state index contributed by atoms with van der Waals surface area (Å²) in [6.07, 6.45) is 6.85. The summed E-state index contributed by atoms with van der Waals surface area (Å²) in [6, 6.07) is 15.5. The smallest absolute Gasteiger partial charge is 0.257 e. The molecule has 0 aliphatic carbocycles. The van der Waals surface area contributed by atoms with Crippen LogP contribution in [0.3, 0.4) is 0 Å². The number of carbonyl (C=O) groups excluding carboxylic acids is 2. The summed E-state index contributed by atoms with van der Waals surface area (Å²) >= 11 is 11.9. The first-order valence-corrected chi connectivity index (χ1v) is 10.5. The molecule has 0 fully saturated rings. The summed E-state index contributed by atoms with van der Waals surface area (Å²) in [6.45, 7) is 0.675. The number of pyridine rings is 1. The van der Waals surface area contributed by atoms with Crippen molar-refractivity contribution in [2.75, 3.05) is 5.32 Å². The SMILES string of the molecule is C.O=C(Cc1ccc(Cl)cc1C(=O)Nc1ccc(Cl)cn1)c1ccc(Cn2ccnc2)cc1. The van der Waals surface area contributed by atoms with E-state index in [1.807, 2.05) is 22.9 Å². The van der Waals surface area contributed by atoms with Gasteiger partial charge in [0.1, 0.15) is 5.82 Å². The van der Waals surface area contributed by atoms with Crippen LogP contribution in [0.4, 0.5) is 5.82 Å². The van der Waals surface area contributed by atoms with Gasteiger partial charge in [-0.15, -0.1) is 0 Å². The Balaban J connectivity index is 0.00000306. The average molecular weight is 481 g/mol. The highest BCUT2D eigenvalue weighted by Gasteiger charge is 2.17. The molecule has 4 rings (SSSR count). The summed E-state index contributed by atoms with van der Waals surface area (Å²) in [4.78, 5) is 33.8. The second-order valence-corrected chi connectivity index (χ2v) is 8.02. The van der Waals surface area contributed by atoms with Crippen LogP contribution < -0.4 is 5.32 Å². The number of nitrogens with zero attached hydrogens (tertiary/aromatic N) is 3. The first kappa shape index (κ1) is 24.2. The summed E-state index contributed by atoms with van der Waals surface area (Å²) in [5, 5.41) is 3.58. The number of halogens is 2. The van der Waals surface area contributed by atoms with Crippen LogP contribution in [0.15, 0.2) is 79.5 Å². The molecule has 2 heterocycles. The quantitative estimate of drug-likeness (QED) is 0.331. The lowest BCUT2D eigenvalue weighted by Gasteiger charge is -2.11. The van der Waals surface area contributed by atoms with E-state index in [1.165, 1.54) is 6.20 Å². The topological polar surface area (TPSA) is 76.9 Å². The van der Waals surface area contributed by atoms with Crippen molar-refractivity contribution in [1.29, 1.82) is 0 Å². The predicted octanol–water partition coefficient (Wildman–Crippen LogP) is 5.95. The van der Waals surface area contributed by atoms with E-state index < -0.39 is 5.91 Å². The molecule has 0 radical (unpaired) electrons. The third kappa shape index (κ3) is 6.28. The van der Waals surface area contributed by atoms with E-state index in [2.05, 4.69) is 15.3 Å². The number of amides is 1. The average Bonchev–Trinajstić information content (AvgIpc) is 3.30. The minimum Gasteiger partial charge on any atom is -0.333 e. The number of nitrogens with one attached hydrogen (secondary N) is 1. The first-order chi connectivity index (χ1) is 15.5. The molecule has 6 nitrogen and oxygen atoms in total. The van der Waals surface area contributed by atoms with Crippen molar-refractivity contribution in [3.63, 3.8) is 0 Å². The van der Waals surface area contributed by atoms with E-state index in [4.69, 9.17) is 23.2 Å².